The molecule has 0 aliphatic heterocycles. The molecule has 0 saturated heterocycles. The Kier molecular flexibility index (Phi) is 5.46. The van der Waals surface area contributed by atoms with Gasteiger partial charge in [-0.15, -0.1) is 11.3 Å². The maximum absolute atomic E-state index is 12.2. The third kappa shape index (κ3) is 4.45. The molecular weight excluding hydrogens is 332 g/mol. The Labute approximate surface area is 151 Å². The fraction of sp³-hybridized carbons (Fsp3) is 0.200. The van der Waals surface area contributed by atoms with Gasteiger partial charge in [-0.1, -0.05) is 30.3 Å². The summed E-state index contributed by atoms with van der Waals surface area (Å²) in [5, 5.41) is 0.833. The number of carbonyl (C=O) groups is 1. The summed E-state index contributed by atoms with van der Waals surface area (Å²) < 4.78 is 6.85. The summed E-state index contributed by atoms with van der Waals surface area (Å²) in [6.45, 7) is 2.99. The first-order valence-electron chi connectivity index (χ1n) is 8.10. The van der Waals surface area contributed by atoms with Gasteiger partial charge in [0.1, 0.15) is 17.4 Å². The van der Waals surface area contributed by atoms with Gasteiger partial charge in [-0.3, -0.25) is 4.79 Å². The van der Waals surface area contributed by atoms with E-state index < -0.39 is 0 Å². The Morgan fingerprint density at radius 2 is 1.96 bits per heavy atom. The Morgan fingerprint density at radius 1 is 1.20 bits per heavy atom. The fourth-order valence-corrected chi connectivity index (χ4v) is 3.22. The maximum atomic E-state index is 12.2. The van der Waals surface area contributed by atoms with Crippen LogP contribution in [0.25, 0.3) is 16.3 Å². The zero-order valence-corrected chi connectivity index (χ0v) is 15.1. The van der Waals surface area contributed by atoms with Gasteiger partial charge in [-0.2, -0.15) is 0 Å². The number of hydrogen-bond donors (Lipinski definition) is 0. The van der Waals surface area contributed by atoms with Gasteiger partial charge in [0.05, 0.1) is 16.8 Å². The van der Waals surface area contributed by atoms with Gasteiger partial charge >= 0.3 is 0 Å². The monoisotopic (exact) mass is 352 g/mol. The van der Waals surface area contributed by atoms with E-state index >= 15 is 0 Å². The summed E-state index contributed by atoms with van der Waals surface area (Å²) in [6, 6.07) is 15.8. The first kappa shape index (κ1) is 17.2. The molecule has 0 spiro atoms. The predicted molar refractivity (Wildman–Crippen MR) is 103 cm³/mol. The second kappa shape index (κ2) is 7.94. The quantitative estimate of drug-likeness (QED) is 0.626. The summed E-state index contributed by atoms with van der Waals surface area (Å²) in [7, 11) is 1.77. The summed E-state index contributed by atoms with van der Waals surface area (Å²) in [5.74, 6) is 0.793. The standard InChI is InChI=1S/C20H20N2O2S/c1-15-7-3-5-9-17(15)24-14-13-22(2)20(23)12-11-19-21-16-8-4-6-10-18(16)25-19/h3-12H,13-14H2,1-2H3/b12-11+. The van der Waals surface area contributed by atoms with Crippen molar-refractivity contribution < 1.29 is 9.53 Å². The zero-order chi connectivity index (χ0) is 17.6. The molecule has 1 aromatic heterocycles. The minimum absolute atomic E-state index is 0.0624. The summed E-state index contributed by atoms with van der Waals surface area (Å²) in [4.78, 5) is 18.3. The van der Waals surface area contributed by atoms with Crippen molar-refractivity contribution in [2.75, 3.05) is 20.2 Å². The van der Waals surface area contributed by atoms with Crippen molar-refractivity contribution in [3.05, 3.63) is 65.2 Å². The molecule has 3 rings (SSSR count). The third-order valence-electron chi connectivity index (χ3n) is 3.83. The molecule has 25 heavy (non-hydrogen) atoms. The number of hydrogen-bond acceptors (Lipinski definition) is 4. The normalized spacial score (nSPS) is 11.1. The van der Waals surface area contributed by atoms with Crippen LogP contribution in [0.5, 0.6) is 5.75 Å². The number of carbonyl (C=O) groups excluding carboxylic acids is 1. The lowest BCUT2D eigenvalue weighted by Gasteiger charge is -2.16. The molecule has 128 valence electrons. The molecule has 0 fully saturated rings. The fourth-order valence-electron chi connectivity index (χ4n) is 2.35. The molecular formula is C20H20N2O2S. The lowest BCUT2D eigenvalue weighted by atomic mass is 10.2. The molecule has 0 saturated carbocycles. The van der Waals surface area contributed by atoms with Crippen molar-refractivity contribution in [1.82, 2.24) is 9.88 Å². The number of nitrogens with zero attached hydrogens (tertiary/aromatic N) is 2. The minimum atomic E-state index is -0.0624. The van der Waals surface area contributed by atoms with Crippen LogP contribution in [0.3, 0.4) is 0 Å². The highest BCUT2D eigenvalue weighted by Crippen LogP contribution is 2.22. The second-order valence-corrected chi connectivity index (χ2v) is 6.79. The number of rotatable bonds is 6. The number of likely N-dealkylation sites (N-methyl/N-ethyl adjacent to an activating group) is 1. The molecule has 1 amide bonds. The number of fused-ring (bicyclic) bond motifs is 1. The van der Waals surface area contributed by atoms with E-state index in [0.29, 0.717) is 13.2 Å². The van der Waals surface area contributed by atoms with Crippen molar-refractivity contribution in [3.8, 4) is 5.75 Å². The number of aryl methyl sites for hydroxylation is 1. The molecule has 1 heterocycles. The highest BCUT2D eigenvalue weighted by Gasteiger charge is 2.06. The third-order valence-corrected chi connectivity index (χ3v) is 4.83. The van der Waals surface area contributed by atoms with Crippen LogP contribution >= 0.6 is 11.3 Å². The molecule has 3 aromatic rings. The van der Waals surface area contributed by atoms with Crippen LogP contribution in [0.1, 0.15) is 10.6 Å². The number of para-hydroxylation sites is 2. The Hall–Kier alpha value is -2.66. The molecule has 0 aliphatic carbocycles. The SMILES string of the molecule is Cc1ccccc1OCCN(C)C(=O)/C=C/c1nc2ccccc2s1. The number of aromatic nitrogens is 1. The van der Waals surface area contributed by atoms with Gasteiger partial charge < -0.3 is 9.64 Å². The van der Waals surface area contributed by atoms with E-state index in [1.807, 2.05) is 55.5 Å². The number of ether oxygens (including phenoxy) is 1. The van der Waals surface area contributed by atoms with Crippen LogP contribution in [0, 0.1) is 6.92 Å². The number of thiazole rings is 1. The van der Waals surface area contributed by atoms with Gasteiger partial charge in [0.25, 0.3) is 0 Å². The Morgan fingerprint density at radius 3 is 2.76 bits per heavy atom. The van der Waals surface area contributed by atoms with Crippen LogP contribution in [0.2, 0.25) is 0 Å². The van der Waals surface area contributed by atoms with E-state index in [4.69, 9.17) is 4.74 Å². The van der Waals surface area contributed by atoms with Crippen LogP contribution < -0.4 is 4.74 Å². The minimum Gasteiger partial charge on any atom is -0.491 e. The van der Waals surface area contributed by atoms with Crippen molar-refractivity contribution in [2.45, 2.75) is 6.92 Å². The highest BCUT2D eigenvalue weighted by atomic mass is 32.1. The first-order valence-corrected chi connectivity index (χ1v) is 8.92. The Balaban J connectivity index is 1.52. The molecule has 0 bridgehead atoms. The summed E-state index contributed by atoms with van der Waals surface area (Å²) in [6.07, 6.45) is 3.33. The van der Waals surface area contributed by atoms with Crippen molar-refractivity contribution in [3.63, 3.8) is 0 Å². The van der Waals surface area contributed by atoms with Gasteiger partial charge in [-0.25, -0.2) is 4.98 Å². The van der Waals surface area contributed by atoms with E-state index in [1.165, 1.54) is 0 Å². The lowest BCUT2D eigenvalue weighted by molar-refractivity contribution is -0.125. The molecule has 0 atom stereocenters. The van der Waals surface area contributed by atoms with Crippen molar-refractivity contribution in [2.24, 2.45) is 0 Å². The molecule has 2 aromatic carbocycles. The Bertz CT molecular complexity index is 868. The molecule has 0 unspecified atom stereocenters. The molecule has 0 radical (unpaired) electrons. The van der Waals surface area contributed by atoms with Gasteiger partial charge in [0.2, 0.25) is 5.91 Å². The van der Waals surface area contributed by atoms with Gasteiger partial charge in [-0.05, 0) is 36.8 Å². The van der Waals surface area contributed by atoms with E-state index in [-0.39, 0.29) is 5.91 Å². The second-order valence-electron chi connectivity index (χ2n) is 5.73. The number of benzene rings is 2. The van der Waals surface area contributed by atoms with Crippen LogP contribution in [-0.2, 0) is 4.79 Å². The maximum Gasteiger partial charge on any atom is 0.246 e. The zero-order valence-electron chi connectivity index (χ0n) is 14.3. The van der Waals surface area contributed by atoms with Crippen LogP contribution in [0.15, 0.2) is 54.6 Å². The average Bonchev–Trinajstić information content (AvgIpc) is 3.04. The van der Waals surface area contributed by atoms with Crippen molar-refractivity contribution >= 4 is 33.5 Å². The predicted octanol–water partition coefficient (Wildman–Crippen LogP) is 4.16. The summed E-state index contributed by atoms with van der Waals surface area (Å²) >= 11 is 1.57. The first-order chi connectivity index (χ1) is 12.1. The smallest absolute Gasteiger partial charge is 0.246 e. The molecule has 5 heteroatoms. The lowest BCUT2D eigenvalue weighted by Crippen LogP contribution is -2.29. The largest absolute Gasteiger partial charge is 0.491 e. The van der Waals surface area contributed by atoms with Gasteiger partial charge in [0.15, 0.2) is 0 Å². The van der Waals surface area contributed by atoms with Crippen LogP contribution in [-0.4, -0.2) is 36.0 Å². The van der Waals surface area contributed by atoms with Crippen LogP contribution in [0.4, 0.5) is 0 Å². The number of amides is 1. The molecule has 0 N–H and O–H groups in total. The van der Waals surface area contributed by atoms with Gasteiger partial charge in [0, 0.05) is 13.1 Å². The van der Waals surface area contributed by atoms with E-state index in [9.17, 15) is 4.79 Å². The van der Waals surface area contributed by atoms with Crippen molar-refractivity contribution in [1.29, 1.82) is 0 Å². The average molecular weight is 352 g/mol. The van der Waals surface area contributed by atoms with E-state index in [2.05, 4.69) is 4.98 Å². The molecule has 0 aliphatic rings. The van der Waals surface area contributed by atoms with E-state index in [1.54, 1.807) is 35.4 Å². The van der Waals surface area contributed by atoms with E-state index in [0.717, 1.165) is 26.5 Å². The highest BCUT2D eigenvalue weighted by molar-refractivity contribution is 7.19. The summed E-state index contributed by atoms with van der Waals surface area (Å²) in [5.41, 5.74) is 2.05. The molecule has 4 nitrogen and oxygen atoms in total. The topological polar surface area (TPSA) is 42.4 Å².